The molecule has 2 N–H and O–H groups in total. The molecule has 0 saturated heterocycles. The summed E-state index contributed by atoms with van der Waals surface area (Å²) in [6, 6.07) is 8.17. The van der Waals surface area contributed by atoms with Crippen LogP contribution in [0.5, 0.6) is 5.75 Å². The minimum atomic E-state index is -0.119. The number of nitrogens with two attached hydrogens (primary N) is 1. The molecule has 0 aliphatic carbocycles. The highest BCUT2D eigenvalue weighted by molar-refractivity contribution is 5.38. The molecule has 2 aromatic rings. The highest BCUT2D eigenvalue weighted by atomic mass is 16.5. The Bertz CT molecular complexity index is 608. The van der Waals surface area contributed by atoms with Crippen molar-refractivity contribution >= 4 is 0 Å². The number of aryl methyl sites for hydroxylation is 3. The second-order valence-electron chi connectivity index (χ2n) is 5.34. The van der Waals surface area contributed by atoms with Crippen LogP contribution in [0.25, 0.3) is 0 Å². The van der Waals surface area contributed by atoms with E-state index in [1.807, 2.05) is 25.3 Å². The Morgan fingerprint density at radius 3 is 2.55 bits per heavy atom. The van der Waals surface area contributed by atoms with Crippen molar-refractivity contribution in [1.29, 1.82) is 0 Å². The van der Waals surface area contributed by atoms with Crippen LogP contribution in [0.3, 0.4) is 0 Å². The summed E-state index contributed by atoms with van der Waals surface area (Å²) >= 11 is 0. The molecule has 0 amide bonds. The maximum absolute atomic E-state index is 6.33. The van der Waals surface area contributed by atoms with E-state index in [0.717, 1.165) is 34.6 Å². The van der Waals surface area contributed by atoms with Crippen LogP contribution in [0.2, 0.25) is 0 Å². The van der Waals surface area contributed by atoms with E-state index in [1.54, 1.807) is 7.11 Å². The molecule has 0 aliphatic heterocycles. The van der Waals surface area contributed by atoms with Gasteiger partial charge in [0, 0.05) is 6.20 Å². The van der Waals surface area contributed by atoms with Crippen molar-refractivity contribution in [1.82, 2.24) is 4.98 Å². The fraction of sp³-hybridized carbons (Fsp3) is 0.353. The SMILES string of the molecule is COc1ccc(C)cc1CC(N)c1ncc(C)cc1C. The number of ether oxygens (including phenoxy) is 1. The Balaban J connectivity index is 2.27. The summed E-state index contributed by atoms with van der Waals surface area (Å²) in [6.07, 6.45) is 2.59. The van der Waals surface area contributed by atoms with Gasteiger partial charge < -0.3 is 10.5 Å². The largest absolute Gasteiger partial charge is 0.496 e. The van der Waals surface area contributed by atoms with Gasteiger partial charge in [-0.05, 0) is 49.9 Å². The number of methoxy groups -OCH3 is 1. The lowest BCUT2D eigenvalue weighted by molar-refractivity contribution is 0.408. The topological polar surface area (TPSA) is 48.1 Å². The summed E-state index contributed by atoms with van der Waals surface area (Å²) in [7, 11) is 1.69. The van der Waals surface area contributed by atoms with Crippen LogP contribution in [0.4, 0.5) is 0 Å². The first-order valence-corrected chi connectivity index (χ1v) is 6.83. The van der Waals surface area contributed by atoms with Crippen molar-refractivity contribution in [3.05, 3.63) is 58.4 Å². The summed E-state index contributed by atoms with van der Waals surface area (Å²) in [4.78, 5) is 4.49. The summed E-state index contributed by atoms with van der Waals surface area (Å²) in [5.41, 5.74) is 11.9. The summed E-state index contributed by atoms with van der Waals surface area (Å²) in [5.74, 6) is 0.885. The first-order chi connectivity index (χ1) is 9.51. The Morgan fingerprint density at radius 2 is 1.90 bits per heavy atom. The van der Waals surface area contributed by atoms with Crippen LogP contribution in [0.1, 0.15) is 34.0 Å². The smallest absolute Gasteiger partial charge is 0.122 e. The molecule has 2 rings (SSSR count). The standard InChI is InChI=1S/C17H22N2O/c1-11-5-6-16(20-4)14(8-11)9-15(18)17-13(3)7-12(2)10-19-17/h5-8,10,15H,9,18H2,1-4H3. The zero-order valence-corrected chi connectivity index (χ0v) is 12.6. The summed E-state index contributed by atoms with van der Waals surface area (Å²) in [5, 5.41) is 0. The minimum absolute atomic E-state index is 0.119. The van der Waals surface area contributed by atoms with Crippen LogP contribution in [0.15, 0.2) is 30.5 Å². The molecule has 3 nitrogen and oxygen atoms in total. The number of pyridine rings is 1. The minimum Gasteiger partial charge on any atom is -0.496 e. The molecule has 1 unspecified atom stereocenters. The third kappa shape index (κ3) is 3.17. The van der Waals surface area contributed by atoms with Gasteiger partial charge in [-0.2, -0.15) is 0 Å². The van der Waals surface area contributed by atoms with Gasteiger partial charge in [-0.15, -0.1) is 0 Å². The number of hydrogen-bond acceptors (Lipinski definition) is 3. The third-order valence-corrected chi connectivity index (χ3v) is 3.48. The normalized spacial score (nSPS) is 12.2. The lowest BCUT2D eigenvalue weighted by Crippen LogP contribution is -2.17. The van der Waals surface area contributed by atoms with Gasteiger partial charge in [-0.1, -0.05) is 23.8 Å². The van der Waals surface area contributed by atoms with Crippen molar-refractivity contribution in [2.45, 2.75) is 33.2 Å². The molecule has 0 saturated carbocycles. The number of benzene rings is 1. The van der Waals surface area contributed by atoms with E-state index in [2.05, 4.69) is 31.0 Å². The Labute approximate surface area is 120 Å². The van der Waals surface area contributed by atoms with Crippen molar-refractivity contribution in [3.63, 3.8) is 0 Å². The van der Waals surface area contributed by atoms with Crippen molar-refractivity contribution in [3.8, 4) is 5.75 Å². The number of hydrogen-bond donors (Lipinski definition) is 1. The Morgan fingerprint density at radius 1 is 1.15 bits per heavy atom. The molecule has 0 aliphatic rings. The summed E-state index contributed by atoms with van der Waals surface area (Å²) in [6.45, 7) is 6.17. The van der Waals surface area contributed by atoms with E-state index >= 15 is 0 Å². The number of nitrogens with zero attached hydrogens (tertiary/aromatic N) is 1. The van der Waals surface area contributed by atoms with Crippen LogP contribution >= 0.6 is 0 Å². The number of rotatable bonds is 4. The van der Waals surface area contributed by atoms with E-state index in [0.29, 0.717) is 0 Å². The van der Waals surface area contributed by atoms with Gasteiger partial charge in [0.1, 0.15) is 5.75 Å². The molecule has 1 aromatic heterocycles. The molecule has 0 bridgehead atoms. The van der Waals surface area contributed by atoms with Gasteiger partial charge in [-0.3, -0.25) is 4.98 Å². The lowest BCUT2D eigenvalue weighted by Gasteiger charge is -2.16. The van der Waals surface area contributed by atoms with Gasteiger partial charge in [0.05, 0.1) is 18.8 Å². The molecule has 1 aromatic carbocycles. The van der Waals surface area contributed by atoms with E-state index in [4.69, 9.17) is 10.5 Å². The highest BCUT2D eigenvalue weighted by Gasteiger charge is 2.14. The molecular formula is C17H22N2O. The van der Waals surface area contributed by atoms with Gasteiger partial charge in [0.25, 0.3) is 0 Å². The molecule has 1 heterocycles. The molecule has 0 fully saturated rings. The van der Waals surface area contributed by atoms with E-state index in [9.17, 15) is 0 Å². The maximum atomic E-state index is 6.33. The Kier molecular flexibility index (Phi) is 4.40. The number of aromatic nitrogens is 1. The predicted octanol–water partition coefficient (Wildman–Crippen LogP) is 3.26. The third-order valence-electron chi connectivity index (χ3n) is 3.48. The first-order valence-electron chi connectivity index (χ1n) is 6.83. The lowest BCUT2D eigenvalue weighted by atomic mass is 9.98. The van der Waals surface area contributed by atoms with E-state index in [1.165, 1.54) is 5.56 Å². The van der Waals surface area contributed by atoms with Crippen molar-refractivity contribution in [2.24, 2.45) is 5.73 Å². The molecule has 20 heavy (non-hydrogen) atoms. The predicted molar refractivity (Wildman–Crippen MR) is 82.1 cm³/mol. The molecule has 3 heteroatoms. The summed E-state index contributed by atoms with van der Waals surface area (Å²) < 4.78 is 5.41. The fourth-order valence-corrected chi connectivity index (χ4v) is 2.51. The second kappa shape index (κ2) is 6.06. The van der Waals surface area contributed by atoms with E-state index < -0.39 is 0 Å². The van der Waals surface area contributed by atoms with Gasteiger partial charge in [0.2, 0.25) is 0 Å². The highest BCUT2D eigenvalue weighted by Crippen LogP contribution is 2.25. The first kappa shape index (κ1) is 14.5. The Hall–Kier alpha value is -1.87. The maximum Gasteiger partial charge on any atom is 0.122 e. The zero-order valence-electron chi connectivity index (χ0n) is 12.6. The molecule has 106 valence electrons. The van der Waals surface area contributed by atoms with Crippen LogP contribution < -0.4 is 10.5 Å². The quantitative estimate of drug-likeness (QED) is 0.927. The molecule has 1 atom stereocenters. The van der Waals surface area contributed by atoms with Crippen LogP contribution in [-0.2, 0) is 6.42 Å². The zero-order chi connectivity index (χ0) is 14.7. The average molecular weight is 270 g/mol. The van der Waals surface area contributed by atoms with Crippen molar-refractivity contribution < 1.29 is 4.74 Å². The van der Waals surface area contributed by atoms with Crippen LogP contribution in [-0.4, -0.2) is 12.1 Å². The molecule has 0 radical (unpaired) electrons. The van der Waals surface area contributed by atoms with E-state index in [-0.39, 0.29) is 6.04 Å². The van der Waals surface area contributed by atoms with Crippen LogP contribution in [0, 0.1) is 20.8 Å². The monoisotopic (exact) mass is 270 g/mol. The molecular weight excluding hydrogens is 248 g/mol. The van der Waals surface area contributed by atoms with Crippen molar-refractivity contribution in [2.75, 3.05) is 7.11 Å². The second-order valence-corrected chi connectivity index (χ2v) is 5.34. The van der Waals surface area contributed by atoms with Gasteiger partial charge >= 0.3 is 0 Å². The van der Waals surface area contributed by atoms with Gasteiger partial charge in [-0.25, -0.2) is 0 Å². The molecule has 0 spiro atoms. The average Bonchev–Trinajstić information content (AvgIpc) is 2.38. The van der Waals surface area contributed by atoms with Gasteiger partial charge in [0.15, 0.2) is 0 Å². The fourth-order valence-electron chi connectivity index (χ4n) is 2.51.